The molecule has 0 saturated heterocycles. The second-order valence-electron chi connectivity index (χ2n) is 29.4. The van der Waals surface area contributed by atoms with E-state index in [1.165, 1.54) is 14.2 Å². The monoisotopic (exact) mass is 1630 g/mol. The van der Waals surface area contributed by atoms with Gasteiger partial charge in [0.15, 0.2) is 0 Å². The third-order valence-electron chi connectivity index (χ3n) is 22.1. The lowest BCUT2D eigenvalue weighted by Gasteiger charge is -2.37. The van der Waals surface area contributed by atoms with Crippen molar-refractivity contribution in [2.24, 2.45) is 5.73 Å². The molecule has 2 aromatic heterocycles. The summed E-state index contributed by atoms with van der Waals surface area (Å²) in [4.78, 5) is 111. The van der Waals surface area contributed by atoms with E-state index in [1.807, 2.05) is 303 Å². The predicted octanol–water partition coefficient (Wildman–Crippen LogP) is 15.6. The highest BCUT2D eigenvalue weighted by Crippen LogP contribution is 2.47. The number of carboxylic acid groups (broad SMARTS) is 1. The average Bonchev–Trinajstić information content (AvgIpc) is 1.33. The molecule has 14 aromatic rings. The molecule has 2 aliphatic rings. The number of fused-ring (bicyclic) bond motifs is 8. The Balaban J connectivity index is 0.000000174. The quantitative estimate of drug-likeness (QED) is 0.0130. The van der Waals surface area contributed by atoms with E-state index in [0.717, 1.165) is 111 Å². The third kappa shape index (κ3) is 18.9. The van der Waals surface area contributed by atoms with Crippen molar-refractivity contribution in [3.8, 4) is 22.3 Å². The molecule has 616 valence electrons. The molecule has 4 atom stereocenters. The minimum absolute atomic E-state index is 0. The Kier molecular flexibility index (Phi) is 27.5. The minimum Gasteiger partial charge on any atom is -0.480 e. The van der Waals surface area contributed by atoms with Gasteiger partial charge < -0.3 is 72.5 Å². The molecule has 0 fully saturated rings. The van der Waals surface area contributed by atoms with Crippen LogP contribution in [-0.4, -0.2) is 114 Å². The molecule has 0 spiro atoms. The van der Waals surface area contributed by atoms with Gasteiger partial charge in [0, 0.05) is 58.9 Å². The first-order valence-electron chi connectivity index (χ1n) is 39.8. The Labute approximate surface area is 705 Å². The number of aliphatic carboxylic acids is 1. The van der Waals surface area contributed by atoms with Crippen LogP contribution >= 0.6 is 0 Å². The van der Waals surface area contributed by atoms with E-state index >= 15 is 0 Å². The number of para-hydroxylation sites is 2. The number of hydrogen-bond donors (Lipinski definition) is 10. The fraction of sp³-hybridized carbons (Fsp3) is 0.160. The number of aromatic amines is 2. The lowest BCUT2D eigenvalue weighted by Crippen LogP contribution is -2.55. The number of esters is 2. The Bertz CT molecular complexity index is 5690. The van der Waals surface area contributed by atoms with Crippen molar-refractivity contribution in [2.45, 2.75) is 72.8 Å². The van der Waals surface area contributed by atoms with Crippen molar-refractivity contribution in [3.63, 3.8) is 0 Å². The first-order chi connectivity index (χ1) is 59.0. The standard InChI is InChI=1S/C50H44N4O6.C26H22N2O4.C24H24N2O3.H3N/c1-59-48(57)45(30-46(55)54-50(34-17-5-2-6-18-34,35-19-7-3-8-20-35)36-21-9-4-10-22-36)52-47(56)44(29-33-31-51-43-28-16-15-23-37(33)43)53-49(58)60-32-42-40-26-13-11-24-38(40)39-25-12-14-27-41(39)42;29-25(30)24(13-16-14-27-23-12-6-5-7-17(16)23)28-26(31)32-15-22-20-10-3-1-8-18(20)19-9-2-4-11-21(19)22;1-29-23(28)21(25)17-22(27)26-24(18-11-5-2-6-12-18,19-13-7-3-8-14-19)20-15-9-4-10-16-20;/h2-28,31,42,44-45,51H,29-30,32H2,1H3,(H,52,56)(H,53,58)(H,54,55);1-12,14,22,24,27H,13,15H2,(H,28,31)(H,29,30);2-16,21H,17,25H2,1H3,(H,26,27);1H3/t44-,45-;24-;21-;/m000./s1. The number of carboxylic acids is 1. The van der Waals surface area contributed by atoms with Crippen molar-refractivity contribution in [3.05, 3.63) is 407 Å². The van der Waals surface area contributed by atoms with E-state index < -0.39 is 83.6 Å². The number of nitrogens with one attached hydrogen (secondary N) is 7. The Morgan fingerprint density at radius 3 is 1.00 bits per heavy atom. The van der Waals surface area contributed by atoms with E-state index in [1.54, 1.807) is 12.4 Å². The van der Waals surface area contributed by atoms with Crippen LogP contribution in [0.3, 0.4) is 0 Å². The van der Waals surface area contributed by atoms with E-state index in [2.05, 4.69) is 65.6 Å². The van der Waals surface area contributed by atoms with E-state index in [4.69, 9.17) is 19.9 Å². The lowest BCUT2D eigenvalue weighted by atomic mass is 9.77. The topological polar surface area (TPSA) is 346 Å². The van der Waals surface area contributed by atoms with Crippen molar-refractivity contribution in [1.29, 1.82) is 0 Å². The Morgan fingerprint density at radius 1 is 0.369 bits per heavy atom. The molecular formula is C100H93N9O13. The molecule has 13 N–H and O–H groups in total. The maximum atomic E-state index is 14.4. The molecule has 122 heavy (non-hydrogen) atoms. The maximum absolute atomic E-state index is 14.4. The van der Waals surface area contributed by atoms with Gasteiger partial charge in [0.05, 0.1) is 27.1 Å². The fourth-order valence-corrected chi connectivity index (χ4v) is 16.3. The highest BCUT2D eigenvalue weighted by atomic mass is 16.6. The van der Waals surface area contributed by atoms with Crippen LogP contribution in [0.25, 0.3) is 44.1 Å². The molecule has 5 amide bonds. The van der Waals surface area contributed by atoms with Crippen LogP contribution in [0.5, 0.6) is 0 Å². The number of hydrogen-bond acceptors (Lipinski definition) is 14. The van der Waals surface area contributed by atoms with Gasteiger partial charge in [0.2, 0.25) is 17.7 Å². The van der Waals surface area contributed by atoms with Crippen LogP contribution in [0.1, 0.15) is 91.4 Å². The second kappa shape index (κ2) is 39.5. The number of carbonyl (C=O) groups excluding carboxylic acids is 7. The maximum Gasteiger partial charge on any atom is 0.407 e. The lowest BCUT2D eigenvalue weighted by molar-refractivity contribution is -0.147. The van der Waals surface area contributed by atoms with Gasteiger partial charge in [-0.15, -0.1) is 0 Å². The number of aromatic nitrogens is 2. The second-order valence-corrected chi connectivity index (χ2v) is 29.4. The third-order valence-corrected chi connectivity index (χ3v) is 22.1. The van der Waals surface area contributed by atoms with Gasteiger partial charge in [-0.05, 0) is 101 Å². The van der Waals surface area contributed by atoms with E-state index in [9.17, 15) is 43.5 Å². The van der Waals surface area contributed by atoms with Crippen LogP contribution in [-0.2, 0) is 71.6 Å². The summed E-state index contributed by atoms with van der Waals surface area (Å²) >= 11 is 0. The highest BCUT2D eigenvalue weighted by Gasteiger charge is 2.42. The number of rotatable bonds is 27. The summed E-state index contributed by atoms with van der Waals surface area (Å²) in [6.07, 6.45) is 1.59. The summed E-state index contributed by atoms with van der Waals surface area (Å²) in [5.74, 6) is -4.40. The molecule has 22 heteroatoms. The van der Waals surface area contributed by atoms with Gasteiger partial charge in [0.1, 0.15) is 48.5 Å². The summed E-state index contributed by atoms with van der Waals surface area (Å²) in [6.45, 7) is 0.178. The van der Waals surface area contributed by atoms with Crippen LogP contribution in [0, 0.1) is 0 Å². The fourth-order valence-electron chi connectivity index (χ4n) is 16.3. The zero-order valence-electron chi connectivity index (χ0n) is 67.2. The minimum atomic E-state index is -1.41. The summed E-state index contributed by atoms with van der Waals surface area (Å²) in [5.41, 5.74) is 20.9. The smallest absolute Gasteiger partial charge is 0.407 e. The van der Waals surface area contributed by atoms with Gasteiger partial charge in [-0.1, -0.05) is 315 Å². The number of ether oxygens (including phenoxy) is 4. The number of alkyl carbamates (subject to hydrolysis) is 2. The molecule has 22 nitrogen and oxygen atoms in total. The molecule has 2 heterocycles. The van der Waals surface area contributed by atoms with Crippen molar-refractivity contribution in [1.82, 2.24) is 42.7 Å². The Morgan fingerprint density at radius 2 is 0.664 bits per heavy atom. The molecule has 0 bridgehead atoms. The Hall–Kier alpha value is -15.0. The van der Waals surface area contributed by atoms with Gasteiger partial charge >= 0.3 is 30.1 Å². The van der Waals surface area contributed by atoms with Gasteiger partial charge in [-0.3, -0.25) is 19.2 Å². The molecule has 0 saturated carbocycles. The summed E-state index contributed by atoms with van der Waals surface area (Å²) in [6, 6.07) is 101. The number of carbonyl (C=O) groups is 8. The normalized spacial score (nSPS) is 12.8. The molecule has 16 rings (SSSR count). The van der Waals surface area contributed by atoms with Gasteiger partial charge in [0.25, 0.3) is 0 Å². The zero-order chi connectivity index (χ0) is 84.2. The van der Waals surface area contributed by atoms with E-state index in [0.29, 0.717) is 0 Å². The molecule has 12 aromatic carbocycles. The summed E-state index contributed by atoms with van der Waals surface area (Å²) in [5, 5.41) is 25.9. The number of nitrogens with two attached hydrogens (primary N) is 1. The largest absolute Gasteiger partial charge is 0.480 e. The number of benzene rings is 12. The van der Waals surface area contributed by atoms with Crippen molar-refractivity contribution in [2.75, 3.05) is 27.4 Å². The van der Waals surface area contributed by atoms with Crippen LogP contribution in [0.15, 0.2) is 340 Å². The predicted molar refractivity (Wildman–Crippen MR) is 469 cm³/mol. The first-order valence-corrected chi connectivity index (χ1v) is 39.8. The zero-order valence-corrected chi connectivity index (χ0v) is 67.2. The van der Waals surface area contributed by atoms with Gasteiger partial charge in [-0.2, -0.15) is 0 Å². The molecule has 0 unspecified atom stereocenters. The molecule has 2 aliphatic carbocycles. The number of amides is 5. The van der Waals surface area contributed by atoms with Crippen LogP contribution in [0.2, 0.25) is 0 Å². The number of methoxy groups -OCH3 is 2. The summed E-state index contributed by atoms with van der Waals surface area (Å²) in [7, 11) is 2.45. The molecule has 0 radical (unpaired) electrons. The van der Waals surface area contributed by atoms with Crippen molar-refractivity contribution >= 4 is 69.6 Å². The summed E-state index contributed by atoms with van der Waals surface area (Å²) < 4.78 is 21.1. The van der Waals surface area contributed by atoms with Crippen molar-refractivity contribution < 1.29 is 62.4 Å². The van der Waals surface area contributed by atoms with E-state index in [-0.39, 0.29) is 56.4 Å². The van der Waals surface area contributed by atoms with Gasteiger partial charge in [-0.25, -0.2) is 19.2 Å². The SMILES string of the molecule is COC(=O)[C@@H](N)CC(=O)NC(c1ccccc1)(c1ccccc1)c1ccccc1.COC(=O)[C@H](CC(=O)NC(c1ccccc1)(c1ccccc1)c1ccccc1)NC(=O)[C@H](Cc1c[nH]c2ccccc12)NC(=O)OCC1c2ccccc2-c2ccccc21.N.O=C(N[C@@H](Cc1c[nH]c2ccccc12)C(=O)O)OCC1c2ccccc2-c2ccccc21. The highest BCUT2D eigenvalue weighted by molar-refractivity contribution is 5.94. The number of H-pyrrole nitrogens is 2. The first kappa shape index (κ1) is 84.9. The van der Waals surface area contributed by atoms with Crippen LogP contribution < -0.4 is 38.5 Å². The van der Waals surface area contributed by atoms with Crippen LogP contribution in [0.4, 0.5) is 9.59 Å². The molecular weight excluding hydrogens is 1540 g/mol. The average molecular weight is 1630 g/mol. The molecule has 0 aliphatic heterocycles.